The Labute approximate surface area is 129 Å². The number of benzene rings is 2. The maximum atomic E-state index is 12.9. The van der Waals surface area contributed by atoms with Crippen LogP contribution in [0, 0.1) is 6.92 Å². The summed E-state index contributed by atoms with van der Waals surface area (Å²) in [6, 6.07) is 13.9. The number of rotatable bonds is 4. The van der Waals surface area contributed by atoms with E-state index in [4.69, 9.17) is 0 Å². The van der Waals surface area contributed by atoms with Gasteiger partial charge in [-0.25, -0.2) is 0 Å². The van der Waals surface area contributed by atoms with Crippen molar-refractivity contribution in [2.45, 2.75) is 39.0 Å². The first-order valence-electron chi connectivity index (χ1n) is 7.27. The van der Waals surface area contributed by atoms with Crippen molar-refractivity contribution in [2.75, 3.05) is 0 Å². The highest BCUT2D eigenvalue weighted by Gasteiger charge is 2.31. The molecule has 0 fully saturated rings. The molecule has 0 heterocycles. The molecule has 0 amide bonds. The summed E-state index contributed by atoms with van der Waals surface area (Å²) in [5.74, 6) is 0. The van der Waals surface area contributed by atoms with E-state index in [0.29, 0.717) is 11.1 Å². The molecule has 4 heteroatoms. The fraction of sp³-hybridized carbons (Fsp3) is 0.333. The highest BCUT2D eigenvalue weighted by Crippen LogP contribution is 2.32. The first-order valence-corrected chi connectivity index (χ1v) is 7.27. The van der Waals surface area contributed by atoms with Gasteiger partial charge in [-0.15, -0.1) is 0 Å². The van der Waals surface area contributed by atoms with Gasteiger partial charge in [0.1, 0.15) is 0 Å². The molecule has 0 aliphatic heterocycles. The van der Waals surface area contributed by atoms with Gasteiger partial charge in [0.25, 0.3) is 0 Å². The zero-order valence-electron chi connectivity index (χ0n) is 12.9. The molecule has 2 aromatic carbocycles. The van der Waals surface area contributed by atoms with Crippen molar-refractivity contribution in [1.82, 2.24) is 5.32 Å². The Morgan fingerprint density at radius 3 is 2.05 bits per heavy atom. The van der Waals surface area contributed by atoms with E-state index in [0.717, 1.165) is 5.56 Å². The zero-order chi connectivity index (χ0) is 16.3. The second-order valence-electron chi connectivity index (χ2n) is 5.65. The van der Waals surface area contributed by atoms with Crippen molar-refractivity contribution in [3.8, 4) is 0 Å². The first-order chi connectivity index (χ1) is 10.3. The third-order valence-electron chi connectivity index (χ3n) is 3.73. The summed E-state index contributed by atoms with van der Waals surface area (Å²) in [7, 11) is 0. The molecule has 0 radical (unpaired) electrons. The average molecular weight is 307 g/mol. The molecular weight excluding hydrogens is 287 g/mol. The summed E-state index contributed by atoms with van der Waals surface area (Å²) in [5.41, 5.74) is 1.78. The highest BCUT2D eigenvalue weighted by atomic mass is 19.4. The first kappa shape index (κ1) is 16.6. The number of alkyl halides is 3. The van der Waals surface area contributed by atoms with Gasteiger partial charge >= 0.3 is 6.18 Å². The Morgan fingerprint density at radius 2 is 1.45 bits per heavy atom. The Bertz CT molecular complexity index is 620. The largest absolute Gasteiger partial charge is 0.416 e. The van der Waals surface area contributed by atoms with Gasteiger partial charge < -0.3 is 5.32 Å². The Morgan fingerprint density at radius 1 is 0.864 bits per heavy atom. The minimum atomic E-state index is -4.31. The van der Waals surface area contributed by atoms with Crippen LogP contribution in [0.2, 0.25) is 0 Å². The molecule has 2 atom stereocenters. The molecule has 0 saturated heterocycles. The van der Waals surface area contributed by atoms with Gasteiger partial charge in [0.05, 0.1) is 5.56 Å². The molecule has 0 unspecified atom stereocenters. The van der Waals surface area contributed by atoms with Crippen LogP contribution >= 0.6 is 0 Å². The lowest BCUT2D eigenvalue weighted by atomic mass is 10.00. The maximum Gasteiger partial charge on any atom is 0.416 e. The summed E-state index contributed by atoms with van der Waals surface area (Å²) in [5, 5.41) is 3.35. The van der Waals surface area contributed by atoms with Crippen LogP contribution in [0.3, 0.4) is 0 Å². The SMILES string of the molecule is Cc1cc([C@H](C)N[C@@H](C)c2ccccc2)cc(C(F)(F)F)c1. The van der Waals surface area contributed by atoms with Crippen molar-refractivity contribution in [3.05, 3.63) is 70.8 Å². The smallest absolute Gasteiger partial charge is 0.304 e. The van der Waals surface area contributed by atoms with Gasteiger partial charge in [0.2, 0.25) is 0 Å². The number of aryl methyl sites for hydroxylation is 1. The summed E-state index contributed by atoms with van der Waals surface area (Å²) in [4.78, 5) is 0. The van der Waals surface area contributed by atoms with E-state index in [-0.39, 0.29) is 12.1 Å². The molecule has 0 aliphatic rings. The van der Waals surface area contributed by atoms with Crippen molar-refractivity contribution >= 4 is 0 Å². The highest BCUT2D eigenvalue weighted by molar-refractivity contribution is 5.33. The van der Waals surface area contributed by atoms with E-state index in [1.54, 1.807) is 13.0 Å². The Hall–Kier alpha value is -1.81. The van der Waals surface area contributed by atoms with Gasteiger partial charge in [-0.2, -0.15) is 13.2 Å². The van der Waals surface area contributed by atoms with E-state index >= 15 is 0 Å². The van der Waals surface area contributed by atoms with Crippen LogP contribution in [0.5, 0.6) is 0 Å². The third-order valence-corrected chi connectivity index (χ3v) is 3.73. The number of hydrogen-bond donors (Lipinski definition) is 1. The fourth-order valence-corrected chi connectivity index (χ4v) is 2.54. The number of nitrogens with one attached hydrogen (secondary N) is 1. The summed E-state index contributed by atoms with van der Waals surface area (Å²) < 4.78 is 38.8. The minimum absolute atomic E-state index is 0.0612. The topological polar surface area (TPSA) is 12.0 Å². The zero-order valence-corrected chi connectivity index (χ0v) is 12.9. The van der Waals surface area contributed by atoms with Crippen LogP contribution in [0.1, 0.15) is 48.2 Å². The summed E-state index contributed by atoms with van der Waals surface area (Å²) in [6.07, 6.45) is -4.31. The lowest BCUT2D eigenvalue weighted by molar-refractivity contribution is -0.137. The molecule has 0 saturated carbocycles. The lowest BCUT2D eigenvalue weighted by Gasteiger charge is -2.22. The molecule has 0 aliphatic carbocycles. The minimum Gasteiger partial charge on any atom is -0.304 e. The van der Waals surface area contributed by atoms with Crippen LogP contribution in [0.4, 0.5) is 13.2 Å². The summed E-state index contributed by atoms with van der Waals surface area (Å²) >= 11 is 0. The quantitative estimate of drug-likeness (QED) is 0.794. The van der Waals surface area contributed by atoms with Crippen LogP contribution in [-0.4, -0.2) is 0 Å². The lowest BCUT2D eigenvalue weighted by Crippen LogP contribution is -2.23. The van der Waals surface area contributed by atoms with E-state index in [1.807, 2.05) is 44.2 Å². The molecule has 0 spiro atoms. The number of hydrogen-bond acceptors (Lipinski definition) is 1. The monoisotopic (exact) mass is 307 g/mol. The Balaban J connectivity index is 2.19. The van der Waals surface area contributed by atoms with Gasteiger partial charge in [0.15, 0.2) is 0 Å². The van der Waals surface area contributed by atoms with Crippen molar-refractivity contribution in [2.24, 2.45) is 0 Å². The van der Waals surface area contributed by atoms with E-state index < -0.39 is 11.7 Å². The second kappa shape index (κ2) is 6.53. The van der Waals surface area contributed by atoms with Gasteiger partial charge in [0, 0.05) is 12.1 Å². The van der Waals surface area contributed by atoms with Gasteiger partial charge in [-0.3, -0.25) is 0 Å². The van der Waals surface area contributed by atoms with Crippen LogP contribution in [0.15, 0.2) is 48.5 Å². The predicted molar refractivity (Wildman–Crippen MR) is 82.6 cm³/mol. The van der Waals surface area contributed by atoms with Crippen molar-refractivity contribution in [3.63, 3.8) is 0 Å². The molecule has 2 rings (SSSR count). The normalized spacial score (nSPS) is 14.6. The van der Waals surface area contributed by atoms with Crippen molar-refractivity contribution < 1.29 is 13.2 Å². The average Bonchev–Trinajstić information content (AvgIpc) is 2.46. The standard InChI is InChI=1S/C18H20F3N/c1-12-9-16(11-17(10-12)18(19,20)21)14(3)22-13(2)15-7-5-4-6-8-15/h4-11,13-14,22H,1-3H3/t13-,14-/m0/s1. The molecule has 2 aromatic rings. The predicted octanol–water partition coefficient (Wildman–Crippen LogP) is 5.43. The van der Waals surface area contributed by atoms with Crippen molar-refractivity contribution in [1.29, 1.82) is 0 Å². The van der Waals surface area contributed by atoms with E-state index in [9.17, 15) is 13.2 Å². The van der Waals surface area contributed by atoms with Crippen LogP contribution in [-0.2, 0) is 6.18 Å². The number of halogens is 3. The molecule has 22 heavy (non-hydrogen) atoms. The van der Waals surface area contributed by atoms with Gasteiger partial charge in [-0.05, 0) is 44.0 Å². The maximum absolute atomic E-state index is 12.9. The summed E-state index contributed by atoms with van der Waals surface area (Å²) in [6.45, 7) is 5.58. The third kappa shape index (κ3) is 4.10. The van der Waals surface area contributed by atoms with Gasteiger partial charge in [-0.1, -0.05) is 42.0 Å². The van der Waals surface area contributed by atoms with Crippen LogP contribution < -0.4 is 5.32 Å². The molecule has 1 N–H and O–H groups in total. The second-order valence-corrected chi connectivity index (χ2v) is 5.65. The molecule has 0 aromatic heterocycles. The molecule has 1 nitrogen and oxygen atoms in total. The molecule has 118 valence electrons. The Kier molecular flexibility index (Phi) is 4.91. The van der Waals surface area contributed by atoms with E-state index in [1.165, 1.54) is 12.1 Å². The molecular formula is C18H20F3N. The molecule has 0 bridgehead atoms. The van der Waals surface area contributed by atoms with Crippen LogP contribution in [0.25, 0.3) is 0 Å². The fourth-order valence-electron chi connectivity index (χ4n) is 2.54. The van der Waals surface area contributed by atoms with E-state index in [2.05, 4.69) is 5.32 Å².